The summed E-state index contributed by atoms with van der Waals surface area (Å²) in [5.41, 5.74) is 0.679. The van der Waals surface area contributed by atoms with E-state index >= 15 is 0 Å². The molecule has 1 saturated carbocycles. The first-order chi connectivity index (χ1) is 12.1. The number of carbonyl (C=O) groups is 2. The van der Waals surface area contributed by atoms with Crippen molar-refractivity contribution in [2.24, 2.45) is 5.41 Å². The molecule has 1 amide bonds. The van der Waals surface area contributed by atoms with Gasteiger partial charge in [-0.15, -0.1) is 0 Å². The van der Waals surface area contributed by atoms with Gasteiger partial charge >= 0.3 is 5.97 Å². The van der Waals surface area contributed by atoms with Crippen LogP contribution in [0.3, 0.4) is 0 Å². The topological polar surface area (TPSA) is 88.8 Å². The minimum atomic E-state index is -0.881. The van der Waals surface area contributed by atoms with E-state index in [2.05, 4.69) is 5.32 Å². The van der Waals surface area contributed by atoms with Crippen molar-refractivity contribution in [3.05, 3.63) is 54.0 Å². The quantitative estimate of drug-likeness (QED) is 0.765. The van der Waals surface area contributed by atoms with Gasteiger partial charge in [-0.3, -0.25) is 9.59 Å². The van der Waals surface area contributed by atoms with E-state index in [1.807, 2.05) is 24.3 Å². The van der Waals surface area contributed by atoms with Crippen LogP contribution in [0.25, 0.3) is 0 Å². The van der Waals surface area contributed by atoms with E-state index in [1.165, 1.54) is 0 Å². The van der Waals surface area contributed by atoms with Crippen molar-refractivity contribution in [3.8, 4) is 0 Å². The fourth-order valence-corrected chi connectivity index (χ4v) is 2.99. The number of amides is 1. The Bertz CT molecular complexity index is 734. The molecule has 1 aliphatic carbocycles. The lowest BCUT2D eigenvalue weighted by atomic mass is 9.66. The molecule has 0 aliphatic heterocycles. The van der Waals surface area contributed by atoms with Gasteiger partial charge in [0.25, 0.3) is 0 Å². The normalized spacial score (nSPS) is 15.4. The summed E-state index contributed by atoms with van der Waals surface area (Å²) < 4.78 is 10.8. The van der Waals surface area contributed by atoms with Gasteiger partial charge in [0.2, 0.25) is 5.91 Å². The van der Waals surface area contributed by atoms with Crippen LogP contribution in [0.2, 0.25) is 0 Å². The molecule has 0 atom stereocenters. The Balaban J connectivity index is 1.52. The van der Waals surface area contributed by atoms with Gasteiger partial charge in [0.15, 0.2) is 0 Å². The zero-order valence-corrected chi connectivity index (χ0v) is 13.9. The van der Waals surface area contributed by atoms with Crippen molar-refractivity contribution < 1.29 is 23.8 Å². The van der Waals surface area contributed by atoms with Crippen molar-refractivity contribution in [2.75, 3.05) is 5.32 Å². The predicted octanol–water partition coefficient (Wildman–Crippen LogP) is 3.58. The van der Waals surface area contributed by atoms with E-state index in [-0.39, 0.29) is 12.3 Å². The molecule has 0 saturated heterocycles. The molecule has 25 heavy (non-hydrogen) atoms. The molecule has 1 aromatic carbocycles. The average molecular weight is 343 g/mol. The number of carbonyl (C=O) groups excluding carboxylic acids is 1. The van der Waals surface area contributed by atoms with E-state index < -0.39 is 11.4 Å². The molecule has 2 N–H and O–H groups in total. The highest BCUT2D eigenvalue weighted by Gasteiger charge is 2.45. The second-order valence-electron chi connectivity index (χ2n) is 6.44. The number of hydrogen-bond donors (Lipinski definition) is 2. The summed E-state index contributed by atoms with van der Waals surface area (Å²) in [5, 5.41) is 12.1. The largest absolute Gasteiger partial charge is 0.481 e. The molecule has 132 valence electrons. The Morgan fingerprint density at radius 3 is 2.68 bits per heavy atom. The molecule has 1 heterocycles. The number of ether oxygens (including phenoxy) is 1. The number of benzene rings is 1. The van der Waals surface area contributed by atoms with Crippen LogP contribution in [-0.2, 0) is 27.5 Å². The van der Waals surface area contributed by atoms with E-state index in [9.17, 15) is 14.7 Å². The lowest BCUT2D eigenvalue weighted by molar-refractivity contribution is -0.157. The molecule has 1 aromatic heterocycles. The highest BCUT2D eigenvalue weighted by molar-refractivity contribution is 5.94. The first-order valence-electron chi connectivity index (χ1n) is 8.30. The first kappa shape index (κ1) is 17.2. The molecular formula is C19H21NO5. The van der Waals surface area contributed by atoms with E-state index in [1.54, 1.807) is 18.4 Å². The minimum Gasteiger partial charge on any atom is -0.481 e. The summed E-state index contributed by atoms with van der Waals surface area (Å²) in [6.45, 7) is 0.772. The molecule has 6 nitrogen and oxygen atoms in total. The SMILES string of the molecule is O=C(CC1(C(=O)O)CCC1)Nc1cccc(COCc2ccco2)c1. The summed E-state index contributed by atoms with van der Waals surface area (Å²) in [7, 11) is 0. The summed E-state index contributed by atoms with van der Waals surface area (Å²) in [6, 6.07) is 11.0. The van der Waals surface area contributed by atoms with Crippen molar-refractivity contribution in [3.63, 3.8) is 0 Å². The van der Waals surface area contributed by atoms with Crippen molar-refractivity contribution in [1.82, 2.24) is 0 Å². The van der Waals surface area contributed by atoms with Crippen LogP contribution >= 0.6 is 0 Å². The Kier molecular flexibility index (Phi) is 5.19. The van der Waals surface area contributed by atoms with Gasteiger partial charge in [-0.25, -0.2) is 0 Å². The maximum atomic E-state index is 12.2. The minimum absolute atomic E-state index is 0.0154. The van der Waals surface area contributed by atoms with Crippen molar-refractivity contribution in [1.29, 1.82) is 0 Å². The Hall–Kier alpha value is -2.60. The van der Waals surface area contributed by atoms with E-state index in [4.69, 9.17) is 9.15 Å². The van der Waals surface area contributed by atoms with Crippen LogP contribution in [0.1, 0.15) is 37.0 Å². The van der Waals surface area contributed by atoms with Crippen molar-refractivity contribution in [2.45, 2.75) is 38.9 Å². The van der Waals surface area contributed by atoms with Gasteiger partial charge < -0.3 is 19.6 Å². The van der Waals surface area contributed by atoms with E-state index in [0.29, 0.717) is 31.7 Å². The van der Waals surface area contributed by atoms with Gasteiger partial charge in [0.05, 0.1) is 18.3 Å². The van der Waals surface area contributed by atoms with Gasteiger partial charge in [0.1, 0.15) is 12.4 Å². The van der Waals surface area contributed by atoms with Crippen LogP contribution in [-0.4, -0.2) is 17.0 Å². The van der Waals surface area contributed by atoms with Crippen LogP contribution < -0.4 is 5.32 Å². The number of nitrogens with one attached hydrogen (secondary N) is 1. The highest BCUT2D eigenvalue weighted by Crippen LogP contribution is 2.44. The van der Waals surface area contributed by atoms with Gasteiger partial charge in [-0.05, 0) is 42.7 Å². The molecule has 0 unspecified atom stereocenters. The zero-order chi connectivity index (χ0) is 17.7. The molecule has 3 rings (SSSR count). The van der Waals surface area contributed by atoms with Gasteiger partial charge in [-0.1, -0.05) is 18.6 Å². The molecule has 1 aliphatic rings. The Morgan fingerprint density at radius 2 is 2.04 bits per heavy atom. The standard InChI is InChI=1S/C19H21NO5/c21-17(11-19(18(22)23)7-3-8-19)20-15-5-1-4-14(10-15)12-24-13-16-6-2-9-25-16/h1-2,4-6,9-10H,3,7-8,11-13H2,(H,20,21)(H,22,23). The smallest absolute Gasteiger partial charge is 0.310 e. The molecule has 1 fully saturated rings. The van der Waals surface area contributed by atoms with E-state index in [0.717, 1.165) is 17.7 Å². The number of rotatable bonds is 8. The van der Waals surface area contributed by atoms with Crippen LogP contribution in [0.4, 0.5) is 5.69 Å². The van der Waals surface area contributed by atoms with Crippen LogP contribution in [0.15, 0.2) is 47.1 Å². The highest BCUT2D eigenvalue weighted by atomic mass is 16.5. The number of hydrogen-bond acceptors (Lipinski definition) is 4. The van der Waals surface area contributed by atoms with Crippen molar-refractivity contribution >= 4 is 17.6 Å². The summed E-state index contributed by atoms with van der Waals surface area (Å²) in [6.07, 6.45) is 3.61. The monoisotopic (exact) mass is 343 g/mol. The fourth-order valence-electron chi connectivity index (χ4n) is 2.99. The zero-order valence-electron chi connectivity index (χ0n) is 13.9. The Labute approximate surface area is 145 Å². The third kappa shape index (κ3) is 4.28. The third-order valence-corrected chi connectivity index (χ3v) is 4.57. The molecular weight excluding hydrogens is 322 g/mol. The second kappa shape index (κ2) is 7.53. The molecule has 0 radical (unpaired) electrons. The predicted molar refractivity (Wildman–Crippen MR) is 90.8 cm³/mol. The van der Waals surface area contributed by atoms with Gasteiger partial charge in [-0.2, -0.15) is 0 Å². The fraction of sp³-hybridized carbons (Fsp3) is 0.368. The number of anilines is 1. The Morgan fingerprint density at radius 1 is 1.20 bits per heavy atom. The third-order valence-electron chi connectivity index (χ3n) is 4.57. The molecule has 2 aromatic rings. The second-order valence-corrected chi connectivity index (χ2v) is 6.44. The number of furan rings is 1. The molecule has 0 bridgehead atoms. The number of carboxylic acid groups (broad SMARTS) is 1. The molecule has 0 spiro atoms. The van der Waals surface area contributed by atoms with Crippen LogP contribution in [0, 0.1) is 5.41 Å². The maximum Gasteiger partial charge on any atom is 0.310 e. The lowest BCUT2D eigenvalue weighted by Gasteiger charge is -2.36. The maximum absolute atomic E-state index is 12.2. The summed E-state index contributed by atoms with van der Waals surface area (Å²) in [5.74, 6) is -0.395. The summed E-state index contributed by atoms with van der Waals surface area (Å²) >= 11 is 0. The first-order valence-corrected chi connectivity index (χ1v) is 8.30. The van der Waals surface area contributed by atoms with Crippen LogP contribution in [0.5, 0.6) is 0 Å². The summed E-state index contributed by atoms with van der Waals surface area (Å²) in [4.78, 5) is 23.5. The lowest BCUT2D eigenvalue weighted by Crippen LogP contribution is -2.41. The average Bonchev–Trinajstić information content (AvgIpc) is 3.04. The number of carboxylic acids is 1. The number of aliphatic carboxylic acids is 1. The van der Waals surface area contributed by atoms with Gasteiger partial charge in [0, 0.05) is 12.1 Å². The molecule has 6 heteroatoms.